The van der Waals surface area contributed by atoms with Crippen LogP contribution in [-0.2, 0) is 27.2 Å². The van der Waals surface area contributed by atoms with Gasteiger partial charge in [-0.2, -0.15) is 9.97 Å². The molecular formula is C30H31N7O4S. The summed E-state index contributed by atoms with van der Waals surface area (Å²) >= 11 is 1.22. The molecule has 1 aliphatic carbocycles. The van der Waals surface area contributed by atoms with Crippen molar-refractivity contribution in [1.82, 2.24) is 19.9 Å². The van der Waals surface area contributed by atoms with E-state index in [2.05, 4.69) is 49.8 Å². The van der Waals surface area contributed by atoms with Crippen LogP contribution >= 0.6 is 11.3 Å². The number of thiazole rings is 1. The molecule has 0 amide bonds. The molecule has 0 bridgehead atoms. The molecule has 11 nitrogen and oxygen atoms in total. The summed E-state index contributed by atoms with van der Waals surface area (Å²) in [6, 6.07) is 3.69. The molecule has 5 heterocycles. The second-order valence-electron chi connectivity index (χ2n) is 9.84. The molecule has 0 fully saturated rings. The number of fused-ring (bicyclic) bond motifs is 1. The Bertz CT molecular complexity index is 1580. The summed E-state index contributed by atoms with van der Waals surface area (Å²) in [5.74, 6) is 2.12. The van der Waals surface area contributed by atoms with E-state index >= 15 is 0 Å². The van der Waals surface area contributed by atoms with Crippen molar-refractivity contribution in [3.8, 4) is 0 Å². The Balaban J connectivity index is 1.37. The first-order chi connectivity index (χ1) is 20.6. The third kappa shape index (κ3) is 5.98. The summed E-state index contributed by atoms with van der Waals surface area (Å²) in [5, 5.41) is 7.40. The molecule has 1 unspecified atom stereocenters. The van der Waals surface area contributed by atoms with E-state index in [0.717, 1.165) is 48.3 Å². The lowest BCUT2D eigenvalue weighted by molar-refractivity contribution is 0.0531. The second kappa shape index (κ2) is 12.4. The van der Waals surface area contributed by atoms with Crippen LogP contribution in [0, 0.1) is 6.92 Å². The lowest BCUT2D eigenvalue weighted by atomic mass is 9.96. The number of hydrogen-bond acceptors (Lipinski definition) is 12. The number of hydrogen-bond donors (Lipinski definition) is 2. The molecule has 2 N–H and O–H groups in total. The van der Waals surface area contributed by atoms with Gasteiger partial charge in [0.05, 0.1) is 12.3 Å². The van der Waals surface area contributed by atoms with Crippen LogP contribution in [0.4, 0.5) is 22.7 Å². The van der Waals surface area contributed by atoms with Crippen molar-refractivity contribution in [2.45, 2.75) is 45.7 Å². The number of allylic oxidation sites excluding steroid dienone is 3. The van der Waals surface area contributed by atoms with Gasteiger partial charge in [0.15, 0.2) is 10.9 Å². The summed E-state index contributed by atoms with van der Waals surface area (Å²) < 4.78 is 16.5. The first-order valence-electron chi connectivity index (χ1n) is 13.8. The summed E-state index contributed by atoms with van der Waals surface area (Å²) in [6.45, 7) is 5.30. The minimum atomic E-state index is -0.393. The zero-order valence-corrected chi connectivity index (χ0v) is 24.2. The fraction of sp³-hybridized carbons (Fsp3) is 0.300. The summed E-state index contributed by atoms with van der Waals surface area (Å²) in [5.41, 5.74) is 3.84. The average molecular weight is 586 g/mol. The zero-order valence-electron chi connectivity index (χ0n) is 23.4. The SMILES string of the molecule is CCOC(=O)c1sc(Nc2nc(NC(C3=CC=CCC3)C3=COC=CO3)c3c(n2)N(Cc2cccnc2)CC3)nc1C. The van der Waals surface area contributed by atoms with Gasteiger partial charge in [0.2, 0.25) is 5.95 Å². The van der Waals surface area contributed by atoms with Crippen molar-refractivity contribution in [1.29, 1.82) is 0 Å². The number of aromatic nitrogens is 4. The number of aryl methyl sites for hydroxylation is 1. The van der Waals surface area contributed by atoms with E-state index in [-0.39, 0.29) is 6.04 Å². The maximum absolute atomic E-state index is 12.4. The highest BCUT2D eigenvalue weighted by atomic mass is 32.1. The molecule has 3 aliphatic rings. The van der Waals surface area contributed by atoms with Gasteiger partial charge in [-0.05, 0) is 50.3 Å². The van der Waals surface area contributed by atoms with E-state index in [1.165, 1.54) is 23.9 Å². The molecule has 2 aliphatic heterocycles. The van der Waals surface area contributed by atoms with Crippen molar-refractivity contribution in [2.24, 2.45) is 0 Å². The molecule has 3 aromatic heterocycles. The number of ether oxygens (including phenoxy) is 3. The Morgan fingerprint density at radius 2 is 2.17 bits per heavy atom. The Morgan fingerprint density at radius 3 is 2.93 bits per heavy atom. The van der Waals surface area contributed by atoms with Crippen molar-refractivity contribution < 1.29 is 19.0 Å². The molecule has 1 atom stereocenters. The van der Waals surface area contributed by atoms with Crippen LogP contribution in [0.1, 0.15) is 46.3 Å². The first-order valence-corrected chi connectivity index (χ1v) is 14.7. The van der Waals surface area contributed by atoms with E-state index in [1.54, 1.807) is 26.3 Å². The quantitative estimate of drug-likeness (QED) is 0.292. The van der Waals surface area contributed by atoms with Crippen molar-refractivity contribution >= 4 is 40.0 Å². The molecule has 12 heteroatoms. The van der Waals surface area contributed by atoms with Crippen LogP contribution in [0.3, 0.4) is 0 Å². The standard InChI is InChI=1S/C30H31N7O4S/c1-3-40-28(38)25-19(2)32-30(42-25)36-29-34-26(22-11-13-37(27(22)35-29)17-20-8-7-12-31-16-20)33-24(21-9-5-4-6-10-21)23-18-39-14-15-41-23/h4-5,7-9,12,14-16,18,24H,3,6,10-11,13,17H2,1-2H3,(H2,32,33,34,35,36). The molecule has 0 saturated heterocycles. The minimum absolute atomic E-state index is 0.295. The van der Waals surface area contributed by atoms with E-state index < -0.39 is 5.97 Å². The topological polar surface area (TPSA) is 124 Å². The van der Waals surface area contributed by atoms with Crippen LogP contribution in [0.15, 0.2) is 72.9 Å². The fourth-order valence-electron chi connectivity index (χ4n) is 5.04. The van der Waals surface area contributed by atoms with Crippen LogP contribution in [0.2, 0.25) is 0 Å². The number of carbonyl (C=O) groups is 1. The van der Waals surface area contributed by atoms with Gasteiger partial charge in [-0.25, -0.2) is 9.78 Å². The molecule has 0 aromatic carbocycles. The molecular weight excluding hydrogens is 554 g/mol. The molecule has 3 aromatic rings. The van der Waals surface area contributed by atoms with Crippen LogP contribution in [0.25, 0.3) is 0 Å². The number of pyridine rings is 1. The number of carbonyl (C=O) groups excluding carboxylic acids is 1. The molecule has 0 saturated carbocycles. The maximum Gasteiger partial charge on any atom is 0.350 e. The minimum Gasteiger partial charge on any atom is -0.466 e. The number of rotatable bonds is 10. The second-order valence-corrected chi connectivity index (χ2v) is 10.8. The lowest BCUT2D eigenvalue weighted by Crippen LogP contribution is -2.28. The normalized spacial score (nSPS) is 16.1. The van der Waals surface area contributed by atoms with Gasteiger partial charge in [0, 0.05) is 31.0 Å². The highest BCUT2D eigenvalue weighted by molar-refractivity contribution is 7.17. The van der Waals surface area contributed by atoms with Crippen molar-refractivity contribution in [2.75, 3.05) is 28.7 Å². The highest BCUT2D eigenvalue weighted by Gasteiger charge is 2.30. The molecule has 0 spiro atoms. The largest absolute Gasteiger partial charge is 0.466 e. The van der Waals surface area contributed by atoms with Crippen LogP contribution in [-0.4, -0.2) is 45.1 Å². The summed E-state index contributed by atoms with van der Waals surface area (Å²) in [4.78, 5) is 33.7. The average Bonchev–Trinajstić information content (AvgIpc) is 3.60. The van der Waals surface area contributed by atoms with Gasteiger partial charge in [0.1, 0.15) is 41.3 Å². The summed E-state index contributed by atoms with van der Waals surface area (Å²) in [6.07, 6.45) is 17.2. The summed E-state index contributed by atoms with van der Waals surface area (Å²) in [7, 11) is 0. The molecule has 0 radical (unpaired) electrons. The smallest absolute Gasteiger partial charge is 0.350 e. The highest BCUT2D eigenvalue weighted by Crippen LogP contribution is 2.36. The van der Waals surface area contributed by atoms with Crippen LogP contribution < -0.4 is 15.5 Å². The Labute approximate surface area is 247 Å². The van der Waals surface area contributed by atoms with Crippen molar-refractivity contribution in [3.05, 3.63) is 94.6 Å². The first kappa shape index (κ1) is 27.5. The third-order valence-corrected chi connectivity index (χ3v) is 8.05. The number of anilines is 4. The number of esters is 1. The van der Waals surface area contributed by atoms with E-state index in [4.69, 9.17) is 24.2 Å². The van der Waals surface area contributed by atoms with E-state index in [0.29, 0.717) is 46.4 Å². The molecule has 42 heavy (non-hydrogen) atoms. The Hall–Kier alpha value is -4.71. The van der Waals surface area contributed by atoms with Crippen molar-refractivity contribution in [3.63, 3.8) is 0 Å². The van der Waals surface area contributed by atoms with Gasteiger partial charge >= 0.3 is 5.97 Å². The monoisotopic (exact) mass is 585 g/mol. The van der Waals surface area contributed by atoms with Crippen LogP contribution in [0.5, 0.6) is 0 Å². The fourth-order valence-corrected chi connectivity index (χ4v) is 5.90. The van der Waals surface area contributed by atoms with Gasteiger partial charge < -0.3 is 24.4 Å². The predicted molar refractivity (Wildman–Crippen MR) is 160 cm³/mol. The van der Waals surface area contributed by atoms with Gasteiger partial charge in [-0.3, -0.25) is 10.3 Å². The third-order valence-electron chi connectivity index (χ3n) is 6.99. The van der Waals surface area contributed by atoms with Gasteiger partial charge in [-0.15, -0.1) is 0 Å². The molecule has 216 valence electrons. The Morgan fingerprint density at radius 1 is 1.24 bits per heavy atom. The number of nitrogens with one attached hydrogen (secondary N) is 2. The van der Waals surface area contributed by atoms with Gasteiger partial charge in [-0.1, -0.05) is 35.6 Å². The predicted octanol–water partition coefficient (Wildman–Crippen LogP) is 5.54. The number of nitrogens with zero attached hydrogens (tertiary/aromatic N) is 5. The van der Waals surface area contributed by atoms with E-state index in [1.807, 2.05) is 12.3 Å². The zero-order chi connectivity index (χ0) is 28.9. The van der Waals surface area contributed by atoms with E-state index in [9.17, 15) is 4.79 Å². The molecule has 6 rings (SSSR count). The lowest BCUT2D eigenvalue weighted by Gasteiger charge is -2.27. The van der Waals surface area contributed by atoms with Gasteiger partial charge in [0.25, 0.3) is 0 Å². The Kier molecular flexibility index (Phi) is 8.13. The maximum atomic E-state index is 12.4.